The third kappa shape index (κ3) is 12.3. The maximum absolute atomic E-state index is 9.74. The van der Waals surface area contributed by atoms with Crippen molar-refractivity contribution in [3.8, 4) is 0 Å². The SMILES string of the molecule is CC.CCC.O=c1occo1. The minimum absolute atomic E-state index is 0.657. The average molecular weight is 160 g/mol. The number of hydrogen-bond donors (Lipinski definition) is 0. The fourth-order valence-corrected chi connectivity index (χ4v) is 0.194. The van der Waals surface area contributed by atoms with Gasteiger partial charge in [0, 0.05) is 0 Å². The first-order valence-corrected chi connectivity index (χ1v) is 3.83. The van der Waals surface area contributed by atoms with Gasteiger partial charge in [-0.2, -0.15) is 0 Å². The van der Waals surface area contributed by atoms with Crippen molar-refractivity contribution in [1.82, 2.24) is 0 Å². The summed E-state index contributed by atoms with van der Waals surface area (Å²) in [6.45, 7) is 8.25. The molecular weight excluding hydrogens is 144 g/mol. The molecule has 0 N–H and O–H groups in total. The molecule has 0 amide bonds. The van der Waals surface area contributed by atoms with Crippen molar-refractivity contribution in [2.45, 2.75) is 34.1 Å². The molecule has 0 saturated carbocycles. The predicted octanol–water partition coefficient (Wildman–Crippen LogP) is 2.68. The molecule has 0 fully saturated rings. The van der Waals surface area contributed by atoms with E-state index < -0.39 is 5.82 Å². The molecule has 1 aromatic heterocycles. The fraction of sp³-hybridized carbons (Fsp3) is 0.625. The Morgan fingerprint density at radius 2 is 1.45 bits per heavy atom. The molecule has 0 bridgehead atoms. The second kappa shape index (κ2) is 11.8. The first-order chi connectivity index (χ1) is 5.31. The van der Waals surface area contributed by atoms with Crippen molar-refractivity contribution in [2.75, 3.05) is 0 Å². The molecule has 66 valence electrons. The monoisotopic (exact) mass is 160 g/mol. The Morgan fingerprint density at radius 3 is 1.55 bits per heavy atom. The molecule has 1 heterocycles. The zero-order chi connectivity index (χ0) is 9.11. The van der Waals surface area contributed by atoms with Gasteiger partial charge in [0.05, 0.1) is 0 Å². The van der Waals surface area contributed by atoms with Gasteiger partial charge in [-0.25, -0.2) is 4.79 Å². The molecule has 0 unspecified atom stereocenters. The molecule has 0 spiro atoms. The second-order valence-electron chi connectivity index (χ2n) is 1.46. The molecular formula is C8H16O3. The number of rotatable bonds is 0. The van der Waals surface area contributed by atoms with Crippen molar-refractivity contribution in [1.29, 1.82) is 0 Å². The van der Waals surface area contributed by atoms with Crippen LogP contribution in [0.5, 0.6) is 0 Å². The van der Waals surface area contributed by atoms with Gasteiger partial charge in [0.2, 0.25) is 0 Å². The Labute approximate surface area is 67.0 Å². The molecule has 0 saturated heterocycles. The lowest BCUT2D eigenvalue weighted by Crippen LogP contribution is -1.83. The first-order valence-electron chi connectivity index (χ1n) is 3.83. The lowest BCUT2D eigenvalue weighted by Gasteiger charge is -1.49. The van der Waals surface area contributed by atoms with Crippen molar-refractivity contribution in [3.05, 3.63) is 23.1 Å². The van der Waals surface area contributed by atoms with Crippen molar-refractivity contribution in [2.24, 2.45) is 0 Å². The summed E-state index contributed by atoms with van der Waals surface area (Å²) in [5.74, 6) is -0.657. The fourth-order valence-electron chi connectivity index (χ4n) is 0.194. The van der Waals surface area contributed by atoms with E-state index in [1.54, 1.807) is 0 Å². The maximum atomic E-state index is 9.74. The molecule has 3 heteroatoms. The molecule has 11 heavy (non-hydrogen) atoms. The third-order valence-electron chi connectivity index (χ3n) is 0.384. The van der Waals surface area contributed by atoms with Gasteiger partial charge in [-0.05, 0) is 0 Å². The predicted molar refractivity (Wildman–Crippen MR) is 44.6 cm³/mol. The third-order valence-corrected chi connectivity index (χ3v) is 0.384. The summed E-state index contributed by atoms with van der Waals surface area (Å²) in [4.78, 5) is 9.74. The van der Waals surface area contributed by atoms with E-state index in [2.05, 4.69) is 22.7 Å². The van der Waals surface area contributed by atoms with Crippen molar-refractivity contribution < 1.29 is 8.83 Å². The summed E-state index contributed by atoms with van der Waals surface area (Å²) in [6, 6.07) is 0. The lowest BCUT2D eigenvalue weighted by molar-refractivity contribution is 0.385. The van der Waals surface area contributed by atoms with Crippen LogP contribution in [-0.2, 0) is 0 Å². The highest BCUT2D eigenvalue weighted by molar-refractivity contribution is 4.49. The quantitative estimate of drug-likeness (QED) is 0.586. The van der Waals surface area contributed by atoms with Crippen LogP contribution in [0.25, 0.3) is 0 Å². The van der Waals surface area contributed by atoms with Gasteiger partial charge in [-0.3, -0.25) is 0 Å². The van der Waals surface area contributed by atoms with Crippen LogP contribution in [0.2, 0.25) is 0 Å². The Hall–Kier alpha value is -0.990. The van der Waals surface area contributed by atoms with E-state index >= 15 is 0 Å². The van der Waals surface area contributed by atoms with E-state index in [9.17, 15) is 4.79 Å². The van der Waals surface area contributed by atoms with Gasteiger partial charge >= 0.3 is 5.82 Å². The van der Waals surface area contributed by atoms with Gasteiger partial charge in [-0.15, -0.1) is 0 Å². The summed E-state index contributed by atoms with van der Waals surface area (Å²) in [6.07, 6.45) is 3.62. The van der Waals surface area contributed by atoms with Gasteiger partial charge in [-0.1, -0.05) is 34.1 Å². The smallest absolute Gasteiger partial charge is 0.399 e. The van der Waals surface area contributed by atoms with E-state index in [0.29, 0.717) is 0 Å². The molecule has 0 aromatic carbocycles. The summed E-state index contributed by atoms with van der Waals surface area (Å²) >= 11 is 0. The Kier molecular flexibility index (Phi) is 13.5. The topological polar surface area (TPSA) is 43.4 Å². The van der Waals surface area contributed by atoms with E-state index in [4.69, 9.17) is 0 Å². The highest BCUT2D eigenvalue weighted by Gasteiger charge is 1.77. The minimum atomic E-state index is -0.657. The second-order valence-corrected chi connectivity index (χ2v) is 1.46. The van der Waals surface area contributed by atoms with Crippen LogP contribution < -0.4 is 5.82 Å². The average Bonchev–Trinajstić information content (AvgIpc) is 2.46. The molecule has 0 aliphatic carbocycles. The Bertz CT molecular complexity index is 159. The van der Waals surface area contributed by atoms with Crippen LogP contribution in [-0.4, -0.2) is 0 Å². The van der Waals surface area contributed by atoms with E-state index in [1.165, 1.54) is 18.9 Å². The summed E-state index contributed by atoms with van der Waals surface area (Å²) in [5, 5.41) is 0. The standard InChI is InChI=1S/C3H2O3.C3H8.C2H6/c4-3-5-1-2-6-3;1-3-2;1-2/h1-2H;3H2,1-2H3;1-2H3. The van der Waals surface area contributed by atoms with Gasteiger partial charge in [0.25, 0.3) is 0 Å². The molecule has 1 rings (SSSR count). The van der Waals surface area contributed by atoms with E-state index in [0.717, 1.165) is 0 Å². The summed E-state index contributed by atoms with van der Waals surface area (Å²) in [7, 11) is 0. The van der Waals surface area contributed by atoms with Crippen LogP contribution in [0, 0.1) is 0 Å². The van der Waals surface area contributed by atoms with Crippen molar-refractivity contribution >= 4 is 0 Å². The van der Waals surface area contributed by atoms with E-state index in [1.807, 2.05) is 13.8 Å². The molecule has 3 nitrogen and oxygen atoms in total. The molecule has 0 radical (unpaired) electrons. The normalized spacial score (nSPS) is 6.91. The zero-order valence-corrected chi connectivity index (χ0v) is 7.59. The summed E-state index contributed by atoms with van der Waals surface area (Å²) < 4.78 is 8.22. The van der Waals surface area contributed by atoms with Crippen LogP contribution in [0.4, 0.5) is 0 Å². The van der Waals surface area contributed by atoms with Crippen molar-refractivity contribution in [3.63, 3.8) is 0 Å². The number of hydrogen-bond acceptors (Lipinski definition) is 3. The molecule has 1 aromatic rings. The maximum Gasteiger partial charge on any atom is 0.518 e. The Balaban J connectivity index is 0. The highest BCUT2D eigenvalue weighted by atomic mass is 16.5. The van der Waals surface area contributed by atoms with Crippen LogP contribution in [0.3, 0.4) is 0 Å². The molecule has 0 aliphatic rings. The van der Waals surface area contributed by atoms with Gasteiger partial charge < -0.3 is 8.83 Å². The Morgan fingerprint density at radius 1 is 1.18 bits per heavy atom. The minimum Gasteiger partial charge on any atom is -0.399 e. The summed E-state index contributed by atoms with van der Waals surface area (Å²) in [5.41, 5.74) is 0. The van der Waals surface area contributed by atoms with Crippen LogP contribution in [0.15, 0.2) is 26.2 Å². The highest BCUT2D eigenvalue weighted by Crippen LogP contribution is 1.70. The van der Waals surface area contributed by atoms with Gasteiger partial charge in [0.15, 0.2) is 0 Å². The molecule has 0 atom stereocenters. The van der Waals surface area contributed by atoms with E-state index in [-0.39, 0.29) is 0 Å². The lowest BCUT2D eigenvalue weighted by atomic mass is 10.6. The van der Waals surface area contributed by atoms with Crippen LogP contribution >= 0.6 is 0 Å². The van der Waals surface area contributed by atoms with Gasteiger partial charge in [0.1, 0.15) is 12.5 Å². The first kappa shape index (κ1) is 12.7. The zero-order valence-electron chi connectivity index (χ0n) is 7.59. The van der Waals surface area contributed by atoms with Crippen LogP contribution in [0.1, 0.15) is 34.1 Å². The molecule has 0 aliphatic heterocycles. The largest absolute Gasteiger partial charge is 0.518 e.